The van der Waals surface area contributed by atoms with Crippen LogP contribution in [0.3, 0.4) is 0 Å². The van der Waals surface area contributed by atoms with Gasteiger partial charge in [-0.05, 0) is 42.3 Å². The quantitative estimate of drug-likeness (QED) is 0.620. The Morgan fingerprint density at radius 1 is 1.12 bits per heavy atom. The number of rotatable bonds is 4. The number of aromatic nitrogens is 3. The molecule has 0 saturated carbocycles. The van der Waals surface area contributed by atoms with Gasteiger partial charge in [-0.15, -0.1) is 0 Å². The third-order valence-corrected chi connectivity index (χ3v) is 3.93. The van der Waals surface area contributed by atoms with E-state index in [1.54, 1.807) is 12.5 Å². The Morgan fingerprint density at radius 2 is 2.00 bits per heavy atom. The van der Waals surface area contributed by atoms with Crippen molar-refractivity contribution in [3.63, 3.8) is 0 Å². The van der Waals surface area contributed by atoms with E-state index in [9.17, 15) is 0 Å². The van der Waals surface area contributed by atoms with Gasteiger partial charge in [-0.1, -0.05) is 12.1 Å². The molecule has 0 saturated heterocycles. The van der Waals surface area contributed by atoms with E-state index in [4.69, 9.17) is 9.68 Å². The minimum absolute atomic E-state index is 0.678. The number of benzene rings is 1. The molecule has 0 aliphatic carbocycles. The first-order chi connectivity index (χ1) is 11.8. The van der Waals surface area contributed by atoms with E-state index in [0.717, 1.165) is 35.5 Å². The van der Waals surface area contributed by atoms with Crippen LogP contribution >= 0.6 is 0 Å². The number of nitrogens with zero attached hydrogens (tertiary/aromatic N) is 3. The largest absolute Gasteiger partial charge is 0.464 e. The lowest BCUT2D eigenvalue weighted by molar-refractivity contribution is 0.582. The highest BCUT2D eigenvalue weighted by Crippen LogP contribution is 2.22. The molecule has 5 nitrogen and oxygen atoms in total. The second-order valence-corrected chi connectivity index (χ2v) is 5.56. The molecule has 0 radical (unpaired) electrons. The summed E-state index contributed by atoms with van der Waals surface area (Å²) in [5.41, 5.74) is 4.39. The average Bonchev–Trinajstić information content (AvgIpc) is 3.29. The van der Waals surface area contributed by atoms with E-state index in [1.807, 2.05) is 42.5 Å². The first-order valence-electron chi connectivity index (χ1n) is 7.69. The second-order valence-electron chi connectivity index (χ2n) is 5.56. The second kappa shape index (κ2) is 6.01. The number of hydrogen-bond acceptors (Lipinski definition) is 4. The zero-order valence-corrected chi connectivity index (χ0v) is 12.9. The molecule has 4 aromatic rings. The molecule has 3 aromatic heterocycles. The van der Waals surface area contributed by atoms with Crippen LogP contribution in [0.4, 0.5) is 0 Å². The van der Waals surface area contributed by atoms with Gasteiger partial charge in [0.25, 0.3) is 0 Å². The monoisotopic (exact) mass is 314 g/mol. The third-order valence-electron chi connectivity index (χ3n) is 3.93. The SMILES string of the molecule is N#Cc1ccc(CCc2nc3ncc(-c4ccco4)cc3[nH]2)cc1. The summed E-state index contributed by atoms with van der Waals surface area (Å²) < 4.78 is 5.40. The Bertz CT molecular complexity index is 1010. The molecule has 4 rings (SSSR count). The molecule has 1 aromatic carbocycles. The lowest BCUT2D eigenvalue weighted by atomic mass is 10.1. The van der Waals surface area contributed by atoms with Crippen molar-refractivity contribution >= 4 is 11.2 Å². The van der Waals surface area contributed by atoms with Crippen LogP contribution in [0.25, 0.3) is 22.5 Å². The summed E-state index contributed by atoms with van der Waals surface area (Å²) >= 11 is 0. The van der Waals surface area contributed by atoms with Crippen LogP contribution < -0.4 is 0 Å². The highest BCUT2D eigenvalue weighted by atomic mass is 16.3. The number of pyridine rings is 1. The Balaban J connectivity index is 1.53. The lowest BCUT2D eigenvalue weighted by Gasteiger charge is -1.99. The molecular formula is C19H14N4O. The number of nitriles is 1. The molecule has 116 valence electrons. The smallest absolute Gasteiger partial charge is 0.177 e. The summed E-state index contributed by atoms with van der Waals surface area (Å²) in [5.74, 6) is 1.69. The van der Waals surface area contributed by atoms with Crippen LogP contribution in [0.15, 0.2) is 59.3 Å². The van der Waals surface area contributed by atoms with Gasteiger partial charge in [-0.3, -0.25) is 0 Å². The number of aromatic amines is 1. The van der Waals surface area contributed by atoms with Gasteiger partial charge in [0.05, 0.1) is 23.4 Å². The molecule has 24 heavy (non-hydrogen) atoms. The van der Waals surface area contributed by atoms with Crippen molar-refractivity contribution in [3.8, 4) is 17.4 Å². The Labute approximate surface area is 138 Å². The highest BCUT2D eigenvalue weighted by Gasteiger charge is 2.08. The average molecular weight is 314 g/mol. The summed E-state index contributed by atoms with van der Waals surface area (Å²) in [6.45, 7) is 0. The maximum atomic E-state index is 8.83. The first-order valence-corrected chi connectivity index (χ1v) is 7.69. The number of aryl methyl sites for hydroxylation is 2. The van der Waals surface area contributed by atoms with Crippen molar-refractivity contribution in [2.75, 3.05) is 0 Å². The van der Waals surface area contributed by atoms with Gasteiger partial charge in [0.15, 0.2) is 5.65 Å². The summed E-state index contributed by atoms with van der Waals surface area (Å²) in [6, 6.07) is 15.5. The molecule has 3 heterocycles. The van der Waals surface area contributed by atoms with Crippen molar-refractivity contribution in [1.82, 2.24) is 15.0 Å². The maximum Gasteiger partial charge on any atom is 0.177 e. The van der Waals surface area contributed by atoms with Crippen molar-refractivity contribution in [1.29, 1.82) is 5.26 Å². The van der Waals surface area contributed by atoms with Crippen LogP contribution in [0, 0.1) is 11.3 Å². The van der Waals surface area contributed by atoms with Crippen LogP contribution in [0.5, 0.6) is 0 Å². The van der Waals surface area contributed by atoms with Gasteiger partial charge in [-0.2, -0.15) is 5.26 Å². The number of imidazole rings is 1. The lowest BCUT2D eigenvalue weighted by Crippen LogP contribution is -1.93. The van der Waals surface area contributed by atoms with Crippen molar-refractivity contribution < 1.29 is 4.42 Å². The normalized spacial score (nSPS) is 10.8. The van der Waals surface area contributed by atoms with Gasteiger partial charge in [-0.25, -0.2) is 9.97 Å². The fourth-order valence-corrected chi connectivity index (χ4v) is 2.65. The zero-order valence-electron chi connectivity index (χ0n) is 12.9. The topological polar surface area (TPSA) is 78.5 Å². The van der Waals surface area contributed by atoms with Crippen LogP contribution in [-0.4, -0.2) is 15.0 Å². The molecule has 0 unspecified atom stereocenters. The molecule has 1 N–H and O–H groups in total. The molecule has 0 bridgehead atoms. The predicted molar refractivity (Wildman–Crippen MR) is 90.2 cm³/mol. The molecular weight excluding hydrogens is 300 g/mol. The number of hydrogen-bond donors (Lipinski definition) is 1. The van der Waals surface area contributed by atoms with Crippen molar-refractivity contribution in [2.24, 2.45) is 0 Å². The number of H-pyrrole nitrogens is 1. The summed E-state index contributed by atoms with van der Waals surface area (Å²) in [5, 5.41) is 8.83. The molecule has 5 heteroatoms. The molecule has 0 fully saturated rings. The van der Waals surface area contributed by atoms with Crippen LogP contribution in [0.2, 0.25) is 0 Å². The van der Waals surface area contributed by atoms with Gasteiger partial charge >= 0.3 is 0 Å². The highest BCUT2D eigenvalue weighted by molar-refractivity contribution is 5.76. The standard InChI is InChI=1S/C19H14N4O/c20-11-14-5-3-13(4-6-14)7-8-18-22-16-10-15(12-21-19(16)23-18)17-2-1-9-24-17/h1-6,9-10,12H,7-8H2,(H,21,22,23). The third kappa shape index (κ3) is 2.77. The van der Waals surface area contributed by atoms with E-state index in [2.05, 4.69) is 21.0 Å². The fraction of sp³-hybridized carbons (Fsp3) is 0.105. The van der Waals surface area contributed by atoms with Gasteiger partial charge < -0.3 is 9.40 Å². The fourth-order valence-electron chi connectivity index (χ4n) is 2.65. The van der Waals surface area contributed by atoms with Gasteiger partial charge in [0.2, 0.25) is 0 Å². The van der Waals surface area contributed by atoms with Crippen molar-refractivity contribution in [3.05, 3.63) is 71.9 Å². The molecule has 0 aliphatic rings. The summed E-state index contributed by atoms with van der Waals surface area (Å²) in [4.78, 5) is 12.3. The summed E-state index contributed by atoms with van der Waals surface area (Å²) in [6.07, 6.45) is 5.07. The van der Waals surface area contributed by atoms with Crippen LogP contribution in [-0.2, 0) is 12.8 Å². The van der Waals surface area contributed by atoms with Crippen LogP contribution in [0.1, 0.15) is 17.0 Å². The van der Waals surface area contributed by atoms with Gasteiger partial charge in [0.1, 0.15) is 11.6 Å². The number of nitrogens with one attached hydrogen (secondary N) is 1. The van der Waals surface area contributed by atoms with Crippen molar-refractivity contribution in [2.45, 2.75) is 12.8 Å². The van der Waals surface area contributed by atoms with E-state index in [0.29, 0.717) is 11.2 Å². The number of furan rings is 1. The Kier molecular flexibility index (Phi) is 3.56. The minimum Gasteiger partial charge on any atom is -0.464 e. The van der Waals surface area contributed by atoms with E-state index in [-0.39, 0.29) is 0 Å². The summed E-state index contributed by atoms with van der Waals surface area (Å²) in [7, 11) is 0. The van der Waals surface area contributed by atoms with E-state index < -0.39 is 0 Å². The molecule has 0 spiro atoms. The Hall–Kier alpha value is -3.39. The zero-order chi connectivity index (χ0) is 16.4. The molecule has 0 amide bonds. The van der Waals surface area contributed by atoms with E-state index >= 15 is 0 Å². The Morgan fingerprint density at radius 3 is 2.75 bits per heavy atom. The van der Waals surface area contributed by atoms with Gasteiger partial charge in [0, 0.05) is 18.2 Å². The molecule has 0 aliphatic heterocycles. The maximum absolute atomic E-state index is 8.83. The number of fused-ring (bicyclic) bond motifs is 1. The predicted octanol–water partition coefficient (Wildman–Crippen LogP) is 3.87. The molecule has 0 atom stereocenters. The minimum atomic E-state index is 0.678. The van der Waals surface area contributed by atoms with E-state index in [1.165, 1.54) is 5.56 Å². The first kappa shape index (κ1) is 14.2.